The van der Waals surface area contributed by atoms with Crippen LogP contribution in [0.15, 0.2) is 49.1 Å². The van der Waals surface area contributed by atoms with Crippen LogP contribution >= 0.6 is 0 Å². The summed E-state index contributed by atoms with van der Waals surface area (Å²) >= 11 is 0. The number of fused-ring (bicyclic) bond motifs is 1. The standard InChI is InChI=1S/C23H26N6O3/c1-5-28-12-16(11-27-28)15-6-7-19-18(8-15)26-14-29(19)17-9-20(31-3)22(21(10-17)32-4)23(30)25-13-24-2/h6-12,14,24H,5,13H2,1-4H3,(H,25,30). The van der Waals surface area contributed by atoms with Gasteiger partial charge in [-0.1, -0.05) is 6.07 Å². The van der Waals surface area contributed by atoms with Crippen molar-refractivity contribution >= 4 is 16.9 Å². The van der Waals surface area contributed by atoms with E-state index in [1.54, 1.807) is 25.5 Å². The van der Waals surface area contributed by atoms with Crippen molar-refractivity contribution in [1.82, 2.24) is 30.0 Å². The number of carbonyl (C=O) groups excluding carboxylic acids is 1. The van der Waals surface area contributed by atoms with Crippen LogP contribution in [0.1, 0.15) is 17.3 Å². The van der Waals surface area contributed by atoms with E-state index in [1.807, 2.05) is 39.8 Å². The smallest absolute Gasteiger partial charge is 0.259 e. The third-order valence-electron chi connectivity index (χ3n) is 5.26. The molecule has 2 heterocycles. The monoisotopic (exact) mass is 434 g/mol. The second-order valence-corrected chi connectivity index (χ2v) is 7.16. The largest absolute Gasteiger partial charge is 0.496 e. The number of hydrogen-bond donors (Lipinski definition) is 2. The molecular weight excluding hydrogens is 408 g/mol. The Morgan fingerprint density at radius 2 is 1.84 bits per heavy atom. The SMILES string of the molecule is CCn1cc(-c2ccc3c(c2)ncn3-c2cc(OC)c(C(=O)NCNC)c(OC)c2)cn1. The van der Waals surface area contributed by atoms with Crippen molar-refractivity contribution in [3.05, 3.63) is 54.6 Å². The molecule has 0 spiro atoms. The minimum Gasteiger partial charge on any atom is -0.496 e. The highest BCUT2D eigenvalue weighted by atomic mass is 16.5. The van der Waals surface area contributed by atoms with E-state index in [0.717, 1.165) is 34.4 Å². The molecular formula is C23H26N6O3. The number of imidazole rings is 1. The molecule has 0 saturated carbocycles. The second-order valence-electron chi connectivity index (χ2n) is 7.16. The van der Waals surface area contributed by atoms with E-state index in [-0.39, 0.29) is 5.91 Å². The summed E-state index contributed by atoms with van der Waals surface area (Å²) in [6.07, 6.45) is 5.62. The second kappa shape index (κ2) is 9.11. The molecule has 0 aliphatic carbocycles. The molecule has 2 aromatic carbocycles. The average molecular weight is 435 g/mol. The summed E-state index contributed by atoms with van der Waals surface area (Å²) in [5.74, 6) is 0.546. The fourth-order valence-corrected chi connectivity index (χ4v) is 3.60. The number of nitrogens with zero attached hydrogens (tertiary/aromatic N) is 4. The van der Waals surface area contributed by atoms with Crippen LogP contribution in [0.4, 0.5) is 0 Å². The summed E-state index contributed by atoms with van der Waals surface area (Å²) in [4.78, 5) is 17.2. The summed E-state index contributed by atoms with van der Waals surface area (Å²) in [5.41, 5.74) is 4.98. The molecule has 0 atom stereocenters. The van der Waals surface area contributed by atoms with Crippen molar-refractivity contribution in [2.45, 2.75) is 13.5 Å². The molecule has 32 heavy (non-hydrogen) atoms. The van der Waals surface area contributed by atoms with E-state index >= 15 is 0 Å². The van der Waals surface area contributed by atoms with E-state index in [1.165, 1.54) is 14.2 Å². The fraction of sp³-hybridized carbons (Fsp3) is 0.261. The van der Waals surface area contributed by atoms with Crippen LogP contribution in [0.5, 0.6) is 11.5 Å². The number of rotatable bonds is 8. The van der Waals surface area contributed by atoms with Crippen LogP contribution in [-0.2, 0) is 6.54 Å². The molecule has 0 bridgehead atoms. The van der Waals surface area contributed by atoms with E-state index < -0.39 is 0 Å². The third-order valence-corrected chi connectivity index (χ3v) is 5.26. The zero-order valence-electron chi connectivity index (χ0n) is 18.5. The van der Waals surface area contributed by atoms with Crippen molar-refractivity contribution in [3.63, 3.8) is 0 Å². The molecule has 0 unspecified atom stereocenters. The van der Waals surface area contributed by atoms with E-state index in [2.05, 4.69) is 27.6 Å². The van der Waals surface area contributed by atoms with E-state index in [4.69, 9.17) is 9.47 Å². The number of aromatic nitrogens is 4. The molecule has 2 N–H and O–H groups in total. The highest BCUT2D eigenvalue weighted by molar-refractivity contribution is 6.00. The predicted octanol–water partition coefficient (Wildman–Crippen LogP) is 2.83. The number of hydrogen-bond acceptors (Lipinski definition) is 6. The number of benzene rings is 2. The summed E-state index contributed by atoms with van der Waals surface area (Å²) in [6, 6.07) is 9.71. The Morgan fingerprint density at radius 1 is 1.09 bits per heavy atom. The maximum absolute atomic E-state index is 12.6. The minimum absolute atomic E-state index is 0.285. The fourth-order valence-electron chi connectivity index (χ4n) is 3.60. The van der Waals surface area contributed by atoms with Crippen molar-refractivity contribution in [3.8, 4) is 28.3 Å². The molecule has 2 aromatic heterocycles. The topological polar surface area (TPSA) is 95.2 Å². The van der Waals surface area contributed by atoms with Gasteiger partial charge in [-0.25, -0.2) is 4.98 Å². The maximum atomic E-state index is 12.6. The normalized spacial score (nSPS) is 11.0. The van der Waals surface area contributed by atoms with Crippen LogP contribution in [0.25, 0.3) is 27.8 Å². The molecule has 9 heteroatoms. The summed E-state index contributed by atoms with van der Waals surface area (Å²) in [6.45, 7) is 3.21. The lowest BCUT2D eigenvalue weighted by Gasteiger charge is -2.16. The Hall–Kier alpha value is -3.85. The van der Waals surface area contributed by atoms with Gasteiger partial charge in [0.1, 0.15) is 23.4 Å². The molecule has 0 fully saturated rings. The van der Waals surface area contributed by atoms with Crippen LogP contribution < -0.4 is 20.1 Å². The number of aryl methyl sites for hydroxylation is 1. The van der Waals surface area contributed by atoms with E-state index in [0.29, 0.717) is 23.7 Å². The predicted molar refractivity (Wildman–Crippen MR) is 122 cm³/mol. The lowest BCUT2D eigenvalue weighted by Crippen LogP contribution is -2.32. The van der Waals surface area contributed by atoms with Crippen molar-refractivity contribution in [1.29, 1.82) is 0 Å². The molecule has 0 radical (unpaired) electrons. The highest BCUT2D eigenvalue weighted by Crippen LogP contribution is 2.34. The summed E-state index contributed by atoms with van der Waals surface area (Å²) in [5, 5.41) is 10.0. The Bertz CT molecular complexity index is 1230. The zero-order chi connectivity index (χ0) is 22.7. The van der Waals surface area contributed by atoms with Gasteiger partial charge in [0.05, 0.1) is 43.8 Å². The first-order chi connectivity index (χ1) is 15.6. The lowest BCUT2D eigenvalue weighted by atomic mass is 10.1. The van der Waals surface area contributed by atoms with Gasteiger partial charge in [-0.3, -0.25) is 14.0 Å². The molecule has 1 amide bonds. The lowest BCUT2D eigenvalue weighted by molar-refractivity contribution is 0.0945. The molecule has 4 rings (SSSR count). The molecule has 4 aromatic rings. The molecule has 166 valence electrons. The van der Waals surface area contributed by atoms with Gasteiger partial charge in [0.2, 0.25) is 0 Å². The highest BCUT2D eigenvalue weighted by Gasteiger charge is 2.21. The first-order valence-electron chi connectivity index (χ1n) is 10.3. The van der Waals surface area contributed by atoms with Gasteiger partial charge in [0.25, 0.3) is 5.91 Å². The van der Waals surface area contributed by atoms with Crippen molar-refractivity contribution in [2.75, 3.05) is 27.9 Å². The Kier molecular flexibility index (Phi) is 6.09. The van der Waals surface area contributed by atoms with Crippen LogP contribution in [0.3, 0.4) is 0 Å². The van der Waals surface area contributed by atoms with E-state index in [9.17, 15) is 4.79 Å². The van der Waals surface area contributed by atoms with Crippen molar-refractivity contribution in [2.24, 2.45) is 0 Å². The van der Waals surface area contributed by atoms with Gasteiger partial charge < -0.3 is 20.1 Å². The minimum atomic E-state index is -0.285. The Balaban J connectivity index is 1.75. The molecule has 0 aliphatic rings. The quantitative estimate of drug-likeness (QED) is 0.414. The van der Waals surface area contributed by atoms with Gasteiger partial charge >= 0.3 is 0 Å². The summed E-state index contributed by atoms with van der Waals surface area (Å²) < 4.78 is 14.9. The zero-order valence-corrected chi connectivity index (χ0v) is 18.5. The van der Waals surface area contributed by atoms with Crippen LogP contribution in [0, 0.1) is 0 Å². The van der Waals surface area contributed by atoms with Gasteiger partial charge in [-0.05, 0) is 31.7 Å². The van der Waals surface area contributed by atoms with Crippen LogP contribution in [-0.4, -0.2) is 53.2 Å². The molecule has 0 aliphatic heterocycles. The number of carbonyl (C=O) groups is 1. The van der Waals surface area contributed by atoms with Gasteiger partial charge in [-0.15, -0.1) is 0 Å². The maximum Gasteiger partial charge on any atom is 0.259 e. The number of ether oxygens (including phenoxy) is 2. The first kappa shape index (κ1) is 21.4. The number of amides is 1. The van der Waals surface area contributed by atoms with Gasteiger partial charge in [-0.2, -0.15) is 5.10 Å². The van der Waals surface area contributed by atoms with Crippen molar-refractivity contribution < 1.29 is 14.3 Å². The van der Waals surface area contributed by atoms with Gasteiger partial charge in [0.15, 0.2) is 0 Å². The average Bonchev–Trinajstić information content (AvgIpc) is 3.48. The summed E-state index contributed by atoms with van der Waals surface area (Å²) in [7, 11) is 4.81. The number of methoxy groups -OCH3 is 2. The third kappa shape index (κ3) is 3.90. The first-order valence-corrected chi connectivity index (χ1v) is 10.3. The molecule has 0 saturated heterocycles. The van der Waals surface area contributed by atoms with Gasteiger partial charge in [0, 0.05) is 30.4 Å². The Morgan fingerprint density at radius 3 is 2.47 bits per heavy atom. The molecule has 9 nitrogen and oxygen atoms in total. The Labute approximate surface area is 186 Å². The number of nitrogens with one attached hydrogen (secondary N) is 2. The van der Waals surface area contributed by atoms with Crippen LogP contribution in [0.2, 0.25) is 0 Å².